The molecule has 3 nitrogen and oxygen atoms in total. The monoisotopic (exact) mass is 271 g/mol. The number of esters is 1. The molecule has 0 bridgehead atoms. The van der Waals surface area contributed by atoms with E-state index in [1.807, 2.05) is 0 Å². The molecule has 0 radical (unpaired) electrons. The number of fused-ring (bicyclic) bond motifs is 2. The van der Waals surface area contributed by atoms with E-state index in [0.717, 1.165) is 6.07 Å². The van der Waals surface area contributed by atoms with Crippen LogP contribution in [0.2, 0.25) is 0 Å². The first kappa shape index (κ1) is 12.5. The number of hydrogen-bond acceptors (Lipinski definition) is 3. The molecule has 19 heavy (non-hydrogen) atoms. The lowest BCUT2D eigenvalue weighted by Crippen LogP contribution is -2.44. The summed E-state index contributed by atoms with van der Waals surface area (Å²) in [5.74, 6) is -0.859. The zero-order chi connectivity index (χ0) is 13.7. The van der Waals surface area contributed by atoms with Gasteiger partial charge in [0.2, 0.25) is 0 Å². The number of benzene rings is 1. The number of nitrogens with one attached hydrogen (secondary N) is 1. The topological polar surface area (TPSA) is 38.3 Å². The fraction of sp³-hybridized carbons (Fsp3) is 0.462. The Morgan fingerprint density at radius 1 is 1.21 bits per heavy atom. The Morgan fingerprint density at radius 3 is 2.53 bits per heavy atom. The molecule has 2 heterocycles. The molecule has 0 aromatic heterocycles. The SMILES string of the molecule is O=C1Oc2c(C(F)(F)F)cccc2C12CCNCC2. The van der Waals surface area contributed by atoms with Crippen LogP contribution in [-0.2, 0) is 16.4 Å². The third-order valence-corrected chi connectivity index (χ3v) is 3.88. The summed E-state index contributed by atoms with van der Waals surface area (Å²) in [5.41, 5.74) is -1.38. The van der Waals surface area contributed by atoms with Crippen molar-refractivity contribution >= 4 is 5.97 Å². The Kier molecular flexibility index (Phi) is 2.60. The highest BCUT2D eigenvalue weighted by Crippen LogP contribution is 2.50. The van der Waals surface area contributed by atoms with Crippen molar-refractivity contribution in [3.8, 4) is 5.75 Å². The van der Waals surface area contributed by atoms with Gasteiger partial charge in [0.15, 0.2) is 0 Å². The molecule has 0 unspecified atom stereocenters. The molecule has 1 aromatic rings. The number of hydrogen-bond donors (Lipinski definition) is 1. The van der Waals surface area contributed by atoms with Gasteiger partial charge in [0, 0.05) is 5.56 Å². The van der Waals surface area contributed by atoms with Gasteiger partial charge in [0.05, 0.1) is 11.0 Å². The molecule has 1 aromatic carbocycles. The summed E-state index contributed by atoms with van der Waals surface area (Å²) in [4.78, 5) is 12.1. The van der Waals surface area contributed by atoms with Gasteiger partial charge >= 0.3 is 12.1 Å². The lowest BCUT2D eigenvalue weighted by atomic mass is 9.74. The van der Waals surface area contributed by atoms with Crippen LogP contribution in [0.5, 0.6) is 5.75 Å². The standard InChI is InChI=1S/C13H12F3NO2/c14-13(15,16)9-3-1-2-8-10(9)19-11(18)12(8)4-6-17-7-5-12/h1-3,17H,4-7H2. The minimum Gasteiger partial charge on any atom is -0.425 e. The van der Waals surface area contributed by atoms with Gasteiger partial charge in [0.25, 0.3) is 0 Å². The number of carbonyl (C=O) groups excluding carboxylic acids is 1. The Labute approximate surface area is 107 Å². The van der Waals surface area contributed by atoms with Crippen molar-refractivity contribution < 1.29 is 22.7 Å². The summed E-state index contributed by atoms with van der Waals surface area (Å²) in [7, 11) is 0. The third-order valence-electron chi connectivity index (χ3n) is 3.88. The van der Waals surface area contributed by atoms with Crippen molar-refractivity contribution in [3.05, 3.63) is 29.3 Å². The minimum atomic E-state index is -4.51. The van der Waals surface area contributed by atoms with Gasteiger partial charge in [-0.2, -0.15) is 13.2 Å². The van der Waals surface area contributed by atoms with Crippen LogP contribution in [0.25, 0.3) is 0 Å². The summed E-state index contributed by atoms with van der Waals surface area (Å²) in [5, 5.41) is 3.10. The summed E-state index contributed by atoms with van der Waals surface area (Å²) in [6.45, 7) is 1.20. The first-order valence-corrected chi connectivity index (χ1v) is 6.09. The molecule has 0 atom stereocenters. The van der Waals surface area contributed by atoms with E-state index in [1.165, 1.54) is 6.07 Å². The molecule has 0 amide bonds. The van der Waals surface area contributed by atoms with E-state index in [4.69, 9.17) is 4.74 Å². The van der Waals surface area contributed by atoms with Gasteiger partial charge in [-0.05, 0) is 32.0 Å². The van der Waals surface area contributed by atoms with E-state index in [-0.39, 0.29) is 5.75 Å². The van der Waals surface area contributed by atoms with Crippen LogP contribution < -0.4 is 10.1 Å². The lowest BCUT2D eigenvalue weighted by Gasteiger charge is -2.30. The number of halogens is 3. The molecule has 102 valence electrons. The van der Waals surface area contributed by atoms with Crippen molar-refractivity contribution in [2.24, 2.45) is 0 Å². The number of alkyl halides is 3. The zero-order valence-corrected chi connectivity index (χ0v) is 10.0. The molecular weight excluding hydrogens is 259 g/mol. The van der Waals surface area contributed by atoms with Crippen LogP contribution in [0.4, 0.5) is 13.2 Å². The fourth-order valence-corrected chi connectivity index (χ4v) is 2.87. The predicted molar refractivity (Wildman–Crippen MR) is 60.9 cm³/mol. The van der Waals surface area contributed by atoms with E-state index in [2.05, 4.69) is 5.32 Å². The average Bonchev–Trinajstić information content (AvgIpc) is 2.63. The van der Waals surface area contributed by atoms with Crippen LogP contribution in [0, 0.1) is 0 Å². The van der Waals surface area contributed by atoms with Gasteiger partial charge in [-0.15, -0.1) is 0 Å². The molecule has 2 aliphatic heterocycles. The fourth-order valence-electron chi connectivity index (χ4n) is 2.87. The first-order chi connectivity index (χ1) is 8.95. The molecular formula is C13H12F3NO2. The summed E-state index contributed by atoms with van der Waals surface area (Å²) < 4.78 is 43.7. The van der Waals surface area contributed by atoms with E-state index in [9.17, 15) is 18.0 Å². The van der Waals surface area contributed by atoms with E-state index in [0.29, 0.717) is 31.5 Å². The molecule has 1 spiro atoms. The molecule has 1 fully saturated rings. The van der Waals surface area contributed by atoms with Crippen LogP contribution in [0.15, 0.2) is 18.2 Å². The molecule has 1 N–H and O–H groups in total. The van der Waals surface area contributed by atoms with E-state index >= 15 is 0 Å². The Morgan fingerprint density at radius 2 is 1.89 bits per heavy atom. The zero-order valence-electron chi connectivity index (χ0n) is 10.0. The van der Waals surface area contributed by atoms with E-state index in [1.54, 1.807) is 6.07 Å². The quantitative estimate of drug-likeness (QED) is 0.581. The molecule has 0 aliphatic carbocycles. The van der Waals surface area contributed by atoms with Crippen molar-refractivity contribution in [3.63, 3.8) is 0 Å². The van der Waals surface area contributed by atoms with Gasteiger partial charge in [0.1, 0.15) is 5.75 Å². The van der Waals surface area contributed by atoms with Crippen molar-refractivity contribution in [2.45, 2.75) is 24.4 Å². The maximum absolute atomic E-state index is 12.9. The van der Waals surface area contributed by atoms with Crippen molar-refractivity contribution in [2.75, 3.05) is 13.1 Å². The van der Waals surface area contributed by atoms with Crippen LogP contribution in [0.3, 0.4) is 0 Å². The molecule has 6 heteroatoms. The van der Waals surface area contributed by atoms with Gasteiger partial charge in [-0.3, -0.25) is 4.79 Å². The molecule has 3 rings (SSSR count). The number of rotatable bonds is 0. The Bertz CT molecular complexity index is 533. The van der Waals surface area contributed by atoms with Gasteiger partial charge in [-0.1, -0.05) is 12.1 Å². The number of para-hydroxylation sites is 1. The maximum atomic E-state index is 12.9. The molecule has 0 saturated carbocycles. The van der Waals surface area contributed by atoms with Crippen LogP contribution in [-0.4, -0.2) is 19.1 Å². The van der Waals surface area contributed by atoms with Crippen molar-refractivity contribution in [1.82, 2.24) is 5.32 Å². The second-order valence-electron chi connectivity index (χ2n) is 4.90. The minimum absolute atomic E-state index is 0.304. The second kappa shape index (κ2) is 3.96. The van der Waals surface area contributed by atoms with E-state index < -0.39 is 23.1 Å². The summed E-state index contributed by atoms with van der Waals surface area (Å²) >= 11 is 0. The molecule has 2 aliphatic rings. The summed E-state index contributed by atoms with van der Waals surface area (Å²) in [6, 6.07) is 3.86. The highest BCUT2D eigenvalue weighted by atomic mass is 19.4. The number of ether oxygens (including phenoxy) is 1. The summed E-state index contributed by atoms with van der Waals surface area (Å²) in [6.07, 6.45) is -3.57. The lowest BCUT2D eigenvalue weighted by molar-refractivity contribution is -0.143. The van der Waals surface area contributed by atoms with Crippen LogP contribution in [0.1, 0.15) is 24.0 Å². The Hall–Kier alpha value is -1.56. The maximum Gasteiger partial charge on any atom is 0.419 e. The second-order valence-corrected chi connectivity index (χ2v) is 4.90. The predicted octanol–water partition coefficient (Wildman–Crippen LogP) is 2.25. The largest absolute Gasteiger partial charge is 0.425 e. The smallest absolute Gasteiger partial charge is 0.419 e. The molecule has 1 saturated heterocycles. The average molecular weight is 271 g/mol. The highest BCUT2D eigenvalue weighted by Gasteiger charge is 2.52. The Balaban J connectivity index is 2.15. The van der Waals surface area contributed by atoms with Gasteiger partial charge in [-0.25, -0.2) is 0 Å². The van der Waals surface area contributed by atoms with Gasteiger partial charge < -0.3 is 10.1 Å². The highest BCUT2D eigenvalue weighted by molar-refractivity contribution is 5.91. The first-order valence-electron chi connectivity index (χ1n) is 6.09. The third kappa shape index (κ3) is 1.74. The van der Waals surface area contributed by atoms with Crippen LogP contribution >= 0.6 is 0 Å². The normalized spacial score (nSPS) is 21.3. The number of carbonyl (C=O) groups is 1. The van der Waals surface area contributed by atoms with Crippen molar-refractivity contribution in [1.29, 1.82) is 0 Å². The number of piperidine rings is 1.